The van der Waals surface area contributed by atoms with Gasteiger partial charge in [0.05, 0.1) is 12.8 Å². The first kappa shape index (κ1) is 12.8. The Morgan fingerprint density at radius 3 is 3.00 bits per heavy atom. The van der Waals surface area contributed by atoms with E-state index in [0.29, 0.717) is 11.5 Å². The first-order chi connectivity index (χ1) is 9.78. The van der Waals surface area contributed by atoms with Gasteiger partial charge in [0.25, 0.3) is 0 Å². The maximum absolute atomic E-state index is 5.41. The molecule has 20 heavy (non-hydrogen) atoms. The van der Waals surface area contributed by atoms with Gasteiger partial charge in [-0.05, 0) is 23.8 Å². The molecule has 6 heteroatoms. The van der Waals surface area contributed by atoms with E-state index < -0.39 is 0 Å². The number of fused-ring (bicyclic) bond motifs is 1. The molecule has 0 unspecified atom stereocenters. The molecular weight excluding hydrogens is 258 g/mol. The first-order valence-corrected chi connectivity index (χ1v) is 6.42. The standard InChI is InChI=1S/C14H17N3O3/c1-17-11(3-4-16-17)8-15-7-10-5-12(18-2)14-13(6-10)19-9-20-14/h3-6,15H,7-9H2,1-2H3. The molecule has 1 aromatic carbocycles. The summed E-state index contributed by atoms with van der Waals surface area (Å²) in [6.07, 6.45) is 1.79. The Bertz CT molecular complexity index is 610. The molecule has 1 N–H and O–H groups in total. The smallest absolute Gasteiger partial charge is 0.231 e. The third kappa shape index (κ3) is 2.42. The summed E-state index contributed by atoms with van der Waals surface area (Å²) in [5.74, 6) is 2.13. The number of ether oxygens (including phenoxy) is 3. The molecule has 0 saturated heterocycles. The summed E-state index contributed by atoms with van der Waals surface area (Å²) >= 11 is 0. The van der Waals surface area contributed by atoms with Gasteiger partial charge in [-0.3, -0.25) is 4.68 Å². The van der Waals surface area contributed by atoms with Crippen LogP contribution >= 0.6 is 0 Å². The molecule has 0 bridgehead atoms. The quantitative estimate of drug-likeness (QED) is 0.895. The van der Waals surface area contributed by atoms with Crippen molar-refractivity contribution in [3.05, 3.63) is 35.7 Å². The summed E-state index contributed by atoms with van der Waals surface area (Å²) in [5, 5.41) is 7.51. The first-order valence-electron chi connectivity index (χ1n) is 6.42. The highest BCUT2D eigenvalue weighted by atomic mass is 16.7. The minimum Gasteiger partial charge on any atom is -0.493 e. The van der Waals surface area contributed by atoms with Crippen LogP contribution in [0.25, 0.3) is 0 Å². The molecule has 0 aliphatic carbocycles. The molecule has 106 valence electrons. The van der Waals surface area contributed by atoms with Crippen LogP contribution in [0, 0.1) is 0 Å². The van der Waals surface area contributed by atoms with E-state index in [-0.39, 0.29) is 6.79 Å². The number of methoxy groups -OCH3 is 1. The zero-order chi connectivity index (χ0) is 13.9. The minimum atomic E-state index is 0.248. The van der Waals surface area contributed by atoms with Gasteiger partial charge in [-0.25, -0.2) is 0 Å². The number of benzene rings is 1. The fourth-order valence-electron chi connectivity index (χ4n) is 2.20. The third-order valence-electron chi connectivity index (χ3n) is 3.28. The number of aromatic nitrogens is 2. The second-order valence-corrected chi connectivity index (χ2v) is 4.58. The Hall–Kier alpha value is -2.21. The Morgan fingerprint density at radius 2 is 2.25 bits per heavy atom. The van der Waals surface area contributed by atoms with Crippen molar-refractivity contribution in [3.63, 3.8) is 0 Å². The Labute approximate surface area is 117 Å². The van der Waals surface area contributed by atoms with Gasteiger partial charge in [0.15, 0.2) is 11.5 Å². The van der Waals surface area contributed by atoms with Crippen LogP contribution in [0.4, 0.5) is 0 Å². The van der Waals surface area contributed by atoms with Crippen molar-refractivity contribution < 1.29 is 14.2 Å². The lowest BCUT2D eigenvalue weighted by Crippen LogP contribution is -2.15. The van der Waals surface area contributed by atoms with Crippen molar-refractivity contribution in [1.82, 2.24) is 15.1 Å². The van der Waals surface area contributed by atoms with E-state index >= 15 is 0 Å². The SMILES string of the molecule is COc1cc(CNCc2ccnn2C)cc2c1OCO2. The van der Waals surface area contributed by atoms with Crippen LogP contribution in [0.1, 0.15) is 11.3 Å². The molecule has 0 radical (unpaired) electrons. The number of hydrogen-bond acceptors (Lipinski definition) is 5. The number of nitrogens with zero attached hydrogens (tertiary/aromatic N) is 2. The molecule has 0 spiro atoms. The van der Waals surface area contributed by atoms with E-state index in [0.717, 1.165) is 30.1 Å². The van der Waals surface area contributed by atoms with Gasteiger partial charge in [-0.2, -0.15) is 5.10 Å². The van der Waals surface area contributed by atoms with Gasteiger partial charge in [-0.15, -0.1) is 0 Å². The predicted molar refractivity (Wildman–Crippen MR) is 72.9 cm³/mol. The topological polar surface area (TPSA) is 57.5 Å². The van der Waals surface area contributed by atoms with E-state index in [1.54, 1.807) is 13.3 Å². The van der Waals surface area contributed by atoms with Crippen molar-refractivity contribution in [2.75, 3.05) is 13.9 Å². The maximum Gasteiger partial charge on any atom is 0.231 e. The molecule has 3 rings (SSSR count). The zero-order valence-electron chi connectivity index (χ0n) is 11.5. The van der Waals surface area contributed by atoms with E-state index in [2.05, 4.69) is 10.4 Å². The Morgan fingerprint density at radius 1 is 1.35 bits per heavy atom. The van der Waals surface area contributed by atoms with E-state index in [4.69, 9.17) is 14.2 Å². The largest absolute Gasteiger partial charge is 0.493 e. The molecule has 0 atom stereocenters. The maximum atomic E-state index is 5.41. The van der Waals surface area contributed by atoms with Gasteiger partial charge in [0.1, 0.15) is 0 Å². The van der Waals surface area contributed by atoms with Gasteiger partial charge in [-0.1, -0.05) is 0 Å². The lowest BCUT2D eigenvalue weighted by molar-refractivity contribution is 0.171. The van der Waals surface area contributed by atoms with Crippen molar-refractivity contribution >= 4 is 0 Å². The van der Waals surface area contributed by atoms with Crippen LogP contribution in [-0.2, 0) is 20.1 Å². The fourth-order valence-corrected chi connectivity index (χ4v) is 2.20. The van der Waals surface area contributed by atoms with Crippen LogP contribution in [0.15, 0.2) is 24.4 Å². The highest BCUT2D eigenvalue weighted by Crippen LogP contribution is 2.41. The molecule has 0 fully saturated rings. The number of rotatable bonds is 5. The monoisotopic (exact) mass is 275 g/mol. The predicted octanol–water partition coefficient (Wildman–Crippen LogP) is 1.45. The van der Waals surface area contributed by atoms with Crippen LogP contribution in [0.3, 0.4) is 0 Å². The molecule has 2 heterocycles. The molecule has 1 aliphatic heterocycles. The van der Waals surface area contributed by atoms with Gasteiger partial charge in [0.2, 0.25) is 12.5 Å². The Kier molecular flexibility index (Phi) is 3.47. The lowest BCUT2D eigenvalue weighted by Gasteiger charge is -2.09. The molecular formula is C14H17N3O3. The summed E-state index contributed by atoms with van der Waals surface area (Å²) < 4.78 is 18.0. The highest BCUT2D eigenvalue weighted by Gasteiger charge is 2.19. The average molecular weight is 275 g/mol. The van der Waals surface area contributed by atoms with Crippen LogP contribution in [0.5, 0.6) is 17.2 Å². The van der Waals surface area contributed by atoms with E-state index in [1.807, 2.05) is 29.9 Å². The van der Waals surface area contributed by atoms with E-state index in [9.17, 15) is 0 Å². The summed E-state index contributed by atoms with van der Waals surface area (Å²) in [6.45, 7) is 1.73. The van der Waals surface area contributed by atoms with Gasteiger partial charge >= 0.3 is 0 Å². The number of hydrogen-bond donors (Lipinski definition) is 1. The second-order valence-electron chi connectivity index (χ2n) is 4.58. The summed E-state index contributed by atoms with van der Waals surface area (Å²) in [4.78, 5) is 0. The fraction of sp³-hybridized carbons (Fsp3) is 0.357. The summed E-state index contributed by atoms with van der Waals surface area (Å²) in [6, 6.07) is 5.93. The zero-order valence-corrected chi connectivity index (χ0v) is 11.5. The molecule has 1 aliphatic rings. The molecule has 1 aromatic heterocycles. The van der Waals surface area contributed by atoms with Crippen molar-refractivity contribution in [2.24, 2.45) is 7.05 Å². The lowest BCUT2D eigenvalue weighted by atomic mass is 10.2. The van der Waals surface area contributed by atoms with Crippen LogP contribution in [-0.4, -0.2) is 23.7 Å². The second kappa shape index (κ2) is 5.42. The van der Waals surface area contributed by atoms with Crippen molar-refractivity contribution in [1.29, 1.82) is 0 Å². The molecule has 0 amide bonds. The average Bonchev–Trinajstić information content (AvgIpc) is 3.07. The summed E-state index contributed by atoms with van der Waals surface area (Å²) in [5.41, 5.74) is 2.23. The van der Waals surface area contributed by atoms with Crippen molar-refractivity contribution in [3.8, 4) is 17.2 Å². The third-order valence-corrected chi connectivity index (χ3v) is 3.28. The van der Waals surface area contributed by atoms with Crippen LogP contribution in [0.2, 0.25) is 0 Å². The normalized spacial score (nSPS) is 12.7. The number of nitrogens with one attached hydrogen (secondary N) is 1. The van der Waals surface area contributed by atoms with E-state index in [1.165, 1.54) is 0 Å². The van der Waals surface area contributed by atoms with Crippen LogP contribution < -0.4 is 19.5 Å². The Balaban J connectivity index is 1.67. The molecule has 2 aromatic rings. The van der Waals surface area contributed by atoms with Crippen molar-refractivity contribution in [2.45, 2.75) is 13.1 Å². The highest BCUT2D eigenvalue weighted by molar-refractivity contribution is 5.55. The molecule has 0 saturated carbocycles. The van der Waals surface area contributed by atoms with Gasteiger partial charge in [0, 0.05) is 26.3 Å². The van der Waals surface area contributed by atoms with Gasteiger partial charge < -0.3 is 19.5 Å². The molecule has 6 nitrogen and oxygen atoms in total. The summed E-state index contributed by atoms with van der Waals surface area (Å²) in [7, 11) is 3.56. The number of aryl methyl sites for hydroxylation is 1. The minimum absolute atomic E-state index is 0.248.